The Labute approximate surface area is 166 Å². The topological polar surface area (TPSA) is 91.4 Å². The SMILES string of the molecule is COc1ccc(-n2nc(C)c(COc3ccc4c(ccn4CC(=O)O)c3)n2)cc1. The highest BCUT2D eigenvalue weighted by molar-refractivity contribution is 5.83. The van der Waals surface area contributed by atoms with Gasteiger partial charge in [-0.2, -0.15) is 9.90 Å². The normalized spacial score (nSPS) is 11.0. The molecule has 0 spiro atoms. The molecule has 4 aromatic rings. The zero-order chi connectivity index (χ0) is 20.4. The summed E-state index contributed by atoms with van der Waals surface area (Å²) in [6.07, 6.45) is 1.76. The van der Waals surface area contributed by atoms with Crippen molar-refractivity contribution < 1.29 is 19.4 Å². The van der Waals surface area contributed by atoms with Gasteiger partial charge < -0.3 is 19.1 Å². The largest absolute Gasteiger partial charge is 0.497 e. The van der Waals surface area contributed by atoms with Gasteiger partial charge in [-0.25, -0.2) is 0 Å². The van der Waals surface area contributed by atoms with Crippen molar-refractivity contribution in [1.29, 1.82) is 0 Å². The minimum absolute atomic E-state index is 0.0721. The lowest BCUT2D eigenvalue weighted by Gasteiger charge is -2.06. The molecule has 8 nitrogen and oxygen atoms in total. The Morgan fingerprint density at radius 1 is 1.07 bits per heavy atom. The Balaban J connectivity index is 1.48. The second-order valence-corrected chi connectivity index (χ2v) is 6.57. The highest BCUT2D eigenvalue weighted by Gasteiger charge is 2.11. The van der Waals surface area contributed by atoms with Crippen LogP contribution in [0.15, 0.2) is 54.7 Å². The van der Waals surface area contributed by atoms with Crippen LogP contribution in [0.3, 0.4) is 0 Å². The zero-order valence-electron chi connectivity index (χ0n) is 16.1. The van der Waals surface area contributed by atoms with E-state index in [1.165, 1.54) is 0 Å². The maximum atomic E-state index is 10.9. The molecule has 1 N–H and O–H groups in total. The number of ether oxygens (including phenoxy) is 2. The van der Waals surface area contributed by atoms with E-state index in [1.54, 1.807) is 22.7 Å². The van der Waals surface area contributed by atoms with Gasteiger partial charge in [-0.15, -0.1) is 5.10 Å². The van der Waals surface area contributed by atoms with Gasteiger partial charge in [0.2, 0.25) is 0 Å². The molecular formula is C21H20N4O4. The van der Waals surface area contributed by atoms with E-state index >= 15 is 0 Å². The van der Waals surface area contributed by atoms with Gasteiger partial charge in [0.25, 0.3) is 0 Å². The minimum Gasteiger partial charge on any atom is -0.497 e. The number of aromatic nitrogens is 4. The molecule has 0 aliphatic carbocycles. The second-order valence-electron chi connectivity index (χ2n) is 6.57. The van der Waals surface area contributed by atoms with Crippen LogP contribution < -0.4 is 9.47 Å². The molecule has 0 amide bonds. The molecule has 148 valence electrons. The number of carbonyl (C=O) groups is 1. The van der Waals surface area contributed by atoms with E-state index in [1.807, 2.05) is 55.5 Å². The first kappa shape index (κ1) is 18.5. The highest BCUT2D eigenvalue weighted by Crippen LogP contribution is 2.23. The average molecular weight is 392 g/mol. The van der Waals surface area contributed by atoms with Crippen LogP contribution >= 0.6 is 0 Å². The predicted octanol–water partition coefficient (Wildman–Crippen LogP) is 3.20. The minimum atomic E-state index is -0.877. The van der Waals surface area contributed by atoms with Crippen LogP contribution in [0.25, 0.3) is 16.6 Å². The fourth-order valence-electron chi connectivity index (χ4n) is 3.08. The third-order valence-electron chi connectivity index (χ3n) is 4.60. The standard InChI is InChI=1S/C21H20N4O4/c1-14-19(23-25(22-14)16-3-5-17(28-2)6-4-16)13-29-18-7-8-20-15(11-18)9-10-24(20)12-21(26)27/h3-11H,12-13H2,1-2H3,(H,26,27). The van der Waals surface area contributed by atoms with Crippen molar-refractivity contribution in [3.8, 4) is 17.2 Å². The van der Waals surface area contributed by atoms with Gasteiger partial charge in [-0.3, -0.25) is 4.79 Å². The Morgan fingerprint density at radius 3 is 2.55 bits per heavy atom. The summed E-state index contributed by atoms with van der Waals surface area (Å²) in [4.78, 5) is 12.5. The number of hydrogen-bond donors (Lipinski definition) is 1. The van der Waals surface area contributed by atoms with E-state index in [2.05, 4.69) is 10.2 Å². The number of nitrogens with zero attached hydrogens (tertiary/aromatic N) is 4. The number of carboxylic acids is 1. The number of fused-ring (bicyclic) bond motifs is 1. The van der Waals surface area contributed by atoms with Crippen molar-refractivity contribution in [2.75, 3.05) is 7.11 Å². The summed E-state index contributed by atoms with van der Waals surface area (Å²) in [6, 6.07) is 14.9. The summed E-state index contributed by atoms with van der Waals surface area (Å²) in [6.45, 7) is 2.10. The third kappa shape index (κ3) is 3.91. The fraction of sp³-hybridized carbons (Fsp3) is 0.190. The average Bonchev–Trinajstić information content (AvgIpc) is 3.29. The molecule has 0 bridgehead atoms. The molecule has 29 heavy (non-hydrogen) atoms. The van der Waals surface area contributed by atoms with Gasteiger partial charge in [0.15, 0.2) is 0 Å². The third-order valence-corrected chi connectivity index (χ3v) is 4.60. The lowest BCUT2D eigenvalue weighted by molar-refractivity contribution is -0.137. The molecule has 0 unspecified atom stereocenters. The van der Waals surface area contributed by atoms with Gasteiger partial charge >= 0.3 is 5.97 Å². The van der Waals surface area contributed by atoms with Crippen LogP contribution in [-0.4, -0.2) is 37.7 Å². The van der Waals surface area contributed by atoms with Crippen molar-refractivity contribution >= 4 is 16.9 Å². The van der Waals surface area contributed by atoms with Gasteiger partial charge in [0, 0.05) is 17.1 Å². The number of aryl methyl sites for hydroxylation is 1. The number of carboxylic acid groups (broad SMARTS) is 1. The van der Waals surface area contributed by atoms with Gasteiger partial charge in [0.05, 0.1) is 18.5 Å². The lowest BCUT2D eigenvalue weighted by Crippen LogP contribution is -2.07. The van der Waals surface area contributed by atoms with Crippen LogP contribution in [0.1, 0.15) is 11.4 Å². The molecule has 4 rings (SSSR count). The number of hydrogen-bond acceptors (Lipinski definition) is 5. The number of aliphatic carboxylic acids is 1. The van der Waals surface area contributed by atoms with Crippen LogP contribution in [0, 0.1) is 6.92 Å². The molecule has 2 aromatic carbocycles. The van der Waals surface area contributed by atoms with Crippen molar-refractivity contribution in [2.45, 2.75) is 20.1 Å². The van der Waals surface area contributed by atoms with Crippen molar-refractivity contribution in [3.05, 3.63) is 66.1 Å². The van der Waals surface area contributed by atoms with E-state index in [0.717, 1.165) is 33.7 Å². The number of methoxy groups -OCH3 is 1. The van der Waals surface area contributed by atoms with Crippen molar-refractivity contribution in [3.63, 3.8) is 0 Å². The van der Waals surface area contributed by atoms with E-state index in [0.29, 0.717) is 5.75 Å². The van der Waals surface area contributed by atoms with E-state index < -0.39 is 5.97 Å². The monoisotopic (exact) mass is 392 g/mol. The van der Waals surface area contributed by atoms with E-state index in [-0.39, 0.29) is 13.2 Å². The molecule has 8 heteroatoms. The Hall–Kier alpha value is -3.81. The summed E-state index contributed by atoms with van der Waals surface area (Å²) in [5, 5.41) is 18.9. The number of rotatable bonds is 7. The van der Waals surface area contributed by atoms with E-state index in [9.17, 15) is 4.79 Å². The fourth-order valence-corrected chi connectivity index (χ4v) is 3.08. The van der Waals surface area contributed by atoms with Gasteiger partial charge in [-0.1, -0.05) is 0 Å². The first-order valence-corrected chi connectivity index (χ1v) is 9.04. The lowest BCUT2D eigenvalue weighted by atomic mass is 10.2. The molecule has 0 saturated heterocycles. The second kappa shape index (κ2) is 7.67. The van der Waals surface area contributed by atoms with Gasteiger partial charge in [-0.05, 0) is 55.5 Å². The van der Waals surface area contributed by atoms with Crippen molar-refractivity contribution in [2.24, 2.45) is 0 Å². The molecule has 2 heterocycles. The molecule has 0 atom stereocenters. The molecular weight excluding hydrogens is 372 g/mol. The summed E-state index contributed by atoms with van der Waals surface area (Å²) in [7, 11) is 1.62. The first-order chi connectivity index (χ1) is 14.0. The first-order valence-electron chi connectivity index (χ1n) is 9.04. The quantitative estimate of drug-likeness (QED) is 0.519. The van der Waals surface area contributed by atoms with Gasteiger partial charge in [0.1, 0.15) is 30.3 Å². The maximum Gasteiger partial charge on any atom is 0.323 e. The molecule has 0 aliphatic heterocycles. The Kier molecular flexibility index (Phi) is 4.90. The molecule has 0 aliphatic rings. The molecule has 2 aromatic heterocycles. The number of benzene rings is 2. The van der Waals surface area contributed by atoms with Crippen molar-refractivity contribution in [1.82, 2.24) is 19.6 Å². The molecule has 0 saturated carbocycles. The Bertz CT molecular complexity index is 1160. The zero-order valence-corrected chi connectivity index (χ0v) is 16.1. The van der Waals surface area contributed by atoms with Crippen LogP contribution in [-0.2, 0) is 17.9 Å². The van der Waals surface area contributed by atoms with Crippen LogP contribution in [0.2, 0.25) is 0 Å². The smallest absolute Gasteiger partial charge is 0.323 e. The summed E-state index contributed by atoms with van der Waals surface area (Å²) < 4.78 is 12.8. The van der Waals surface area contributed by atoms with Crippen LogP contribution in [0.5, 0.6) is 11.5 Å². The maximum absolute atomic E-state index is 10.9. The van der Waals surface area contributed by atoms with E-state index in [4.69, 9.17) is 14.6 Å². The summed E-state index contributed by atoms with van der Waals surface area (Å²) in [5.41, 5.74) is 3.21. The summed E-state index contributed by atoms with van der Waals surface area (Å²) in [5.74, 6) is 0.580. The molecule has 0 fully saturated rings. The summed E-state index contributed by atoms with van der Waals surface area (Å²) >= 11 is 0. The Morgan fingerprint density at radius 2 is 1.83 bits per heavy atom. The highest BCUT2D eigenvalue weighted by atomic mass is 16.5. The van der Waals surface area contributed by atoms with Crippen LogP contribution in [0.4, 0.5) is 0 Å². The predicted molar refractivity (Wildman–Crippen MR) is 107 cm³/mol. The molecule has 0 radical (unpaired) electrons.